The Balaban J connectivity index is 1.37. The molecule has 0 atom stereocenters. The molecule has 0 spiro atoms. The summed E-state index contributed by atoms with van der Waals surface area (Å²) < 4.78 is 47.6. The van der Waals surface area contributed by atoms with Crippen molar-refractivity contribution in [1.29, 1.82) is 0 Å². The lowest BCUT2D eigenvalue weighted by atomic mass is 10.2. The molecule has 0 bridgehead atoms. The van der Waals surface area contributed by atoms with E-state index in [-0.39, 0.29) is 29.8 Å². The maximum atomic E-state index is 14.2. The highest BCUT2D eigenvalue weighted by Crippen LogP contribution is 2.26. The third-order valence-electron chi connectivity index (χ3n) is 4.75. The fraction of sp³-hybridized carbons (Fsp3) is 0.500. The second kappa shape index (κ2) is 11.8. The average molecular weight is 457 g/mol. The van der Waals surface area contributed by atoms with Gasteiger partial charge in [0.1, 0.15) is 17.4 Å². The van der Waals surface area contributed by atoms with E-state index in [0.29, 0.717) is 11.5 Å². The summed E-state index contributed by atoms with van der Waals surface area (Å²) in [7, 11) is 1.30. The number of anilines is 1. The topological polar surface area (TPSA) is 85.0 Å². The predicted molar refractivity (Wildman–Crippen MR) is 113 cm³/mol. The number of hydrogen-bond donors (Lipinski definition) is 2. The van der Waals surface area contributed by atoms with Crippen LogP contribution in [-0.2, 0) is 11.3 Å². The summed E-state index contributed by atoms with van der Waals surface area (Å²) in [5.41, 5.74) is -0.253. The number of nitrogens with zero attached hydrogens (tertiary/aromatic N) is 2. The first-order valence-electron chi connectivity index (χ1n) is 10.0. The second-order valence-electron chi connectivity index (χ2n) is 6.90. The Bertz CT molecular complexity index is 862. The van der Waals surface area contributed by atoms with Crippen LogP contribution >= 0.6 is 11.5 Å². The zero-order valence-electron chi connectivity index (χ0n) is 17.3. The summed E-state index contributed by atoms with van der Waals surface area (Å²) >= 11 is 1.01. The summed E-state index contributed by atoms with van der Waals surface area (Å²) in [6.07, 6.45) is 1.87. The van der Waals surface area contributed by atoms with Crippen LogP contribution in [0.5, 0.6) is 11.6 Å². The molecule has 31 heavy (non-hydrogen) atoms. The molecule has 11 heteroatoms. The lowest BCUT2D eigenvalue weighted by Crippen LogP contribution is -2.37. The van der Waals surface area contributed by atoms with Crippen molar-refractivity contribution in [1.82, 2.24) is 14.6 Å². The molecule has 1 aliphatic heterocycles. The van der Waals surface area contributed by atoms with Gasteiger partial charge in [0.15, 0.2) is 11.6 Å². The number of methoxy groups -OCH3 is 1. The first-order chi connectivity index (χ1) is 15.1. The molecule has 1 aliphatic rings. The van der Waals surface area contributed by atoms with Gasteiger partial charge in [0.25, 0.3) is 0 Å². The molecule has 2 N–H and O–H groups in total. The molecule has 2 aromatic rings. The number of benzene rings is 1. The normalized spacial score (nSPS) is 14.3. The Morgan fingerprint density at radius 3 is 2.87 bits per heavy atom. The molecule has 1 fully saturated rings. The molecule has 170 valence electrons. The van der Waals surface area contributed by atoms with E-state index in [2.05, 4.69) is 19.9 Å². The SMILES string of the molecule is COc1ccc(F)c(COc2cc(NC(=O)NCCCCN3CCOCC3)sn2)c1F. The standard InChI is InChI=1S/C20H26F2N4O4S/c1-28-16-5-4-15(21)14(19(16)22)13-30-17-12-18(31-25-17)24-20(27)23-6-2-3-7-26-8-10-29-11-9-26/h4-5,12H,2-3,6-11,13H2,1H3,(H2,23,24,27). The van der Waals surface area contributed by atoms with Crippen LogP contribution < -0.4 is 20.1 Å². The quantitative estimate of drug-likeness (QED) is 0.534. The van der Waals surface area contributed by atoms with Crippen molar-refractivity contribution in [3.63, 3.8) is 0 Å². The molecule has 1 aromatic heterocycles. The minimum absolute atomic E-state index is 0.0674. The lowest BCUT2D eigenvalue weighted by molar-refractivity contribution is 0.0372. The third kappa shape index (κ3) is 7.01. The van der Waals surface area contributed by atoms with Crippen molar-refractivity contribution in [3.8, 4) is 11.6 Å². The van der Waals surface area contributed by atoms with Crippen molar-refractivity contribution >= 4 is 22.6 Å². The highest BCUT2D eigenvalue weighted by atomic mass is 32.1. The van der Waals surface area contributed by atoms with E-state index < -0.39 is 11.6 Å². The summed E-state index contributed by atoms with van der Waals surface area (Å²) in [5, 5.41) is 5.93. The van der Waals surface area contributed by atoms with Crippen LogP contribution in [0, 0.1) is 11.6 Å². The van der Waals surface area contributed by atoms with E-state index in [0.717, 1.165) is 63.3 Å². The highest BCUT2D eigenvalue weighted by Gasteiger charge is 2.16. The van der Waals surface area contributed by atoms with Gasteiger partial charge in [-0.3, -0.25) is 10.2 Å². The van der Waals surface area contributed by atoms with E-state index in [1.54, 1.807) is 0 Å². The molecular formula is C20H26F2N4O4S. The number of urea groups is 1. The molecule has 0 radical (unpaired) electrons. The highest BCUT2D eigenvalue weighted by molar-refractivity contribution is 7.10. The van der Waals surface area contributed by atoms with Crippen LogP contribution in [0.1, 0.15) is 18.4 Å². The van der Waals surface area contributed by atoms with Crippen LogP contribution in [0.4, 0.5) is 18.6 Å². The molecule has 2 amide bonds. The minimum Gasteiger partial charge on any atom is -0.494 e. The van der Waals surface area contributed by atoms with Crippen LogP contribution in [-0.4, -0.2) is 61.8 Å². The van der Waals surface area contributed by atoms with Gasteiger partial charge in [0.2, 0.25) is 5.88 Å². The molecule has 1 aromatic carbocycles. The van der Waals surface area contributed by atoms with Crippen molar-refractivity contribution in [3.05, 3.63) is 35.4 Å². The molecule has 0 saturated carbocycles. The van der Waals surface area contributed by atoms with Gasteiger partial charge in [-0.1, -0.05) is 0 Å². The molecular weight excluding hydrogens is 430 g/mol. The van der Waals surface area contributed by atoms with Gasteiger partial charge < -0.3 is 19.5 Å². The third-order valence-corrected chi connectivity index (χ3v) is 5.44. The van der Waals surface area contributed by atoms with Crippen molar-refractivity contribution in [2.75, 3.05) is 51.8 Å². The first-order valence-corrected chi connectivity index (χ1v) is 10.8. The van der Waals surface area contributed by atoms with Gasteiger partial charge in [0.05, 0.1) is 25.9 Å². The van der Waals surface area contributed by atoms with Crippen molar-refractivity contribution in [2.24, 2.45) is 0 Å². The van der Waals surface area contributed by atoms with Gasteiger partial charge in [-0.25, -0.2) is 13.6 Å². The number of rotatable bonds is 10. The maximum absolute atomic E-state index is 14.2. The Morgan fingerprint density at radius 1 is 1.29 bits per heavy atom. The fourth-order valence-electron chi connectivity index (χ4n) is 3.04. The van der Waals surface area contributed by atoms with Crippen LogP contribution in [0.2, 0.25) is 0 Å². The van der Waals surface area contributed by atoms with Crippen molar-refractivity contribution < 1.29 is 27.8 Å². The van der Waals surface area contributed by atoms with E-state index >= 15 is 0 Å². The minimum atomic E-state index is -0.816. The summed E-state index contributed by atoms with van der Waals surface area (Å²) in [4.78, 5) is 14.4. The predicted octanol–water partition coefficient (Wildman–Crippen LogP) is 3.24. The van der Waals surface area contributed by atoms with E-state index in [1.807, 2.05) is 0 Å². The lowest BCUT2D eigenvalue weighted by Gasteiger charge is -2.26. The van der Waals surface area contributed by atoms with Crippen LogP contribution in [0.3, 0.4) is 0 Å². The van der Waals surface area contributed by atoms with Gasteiger partial charge in [0, 0.05) is 25.7 Å². The number of nitrogens with one attached hydrogen (secondary N) is 2. The fourth-order valence-corrected chi connectivity index (χ4v) is 3.63. The number of amides is 2. The Labute approximate surface area is 183 Å². The van der Waals surface area contributed by atoms with Gasteiger partial charge in [-0.05, 0) is 43.1 Å². The number of halogens is 2. The van der Waals surface area contributed by atoms with Gasteiger partial charge in [-0.15, -0.1) is 0 Å². The Hall–Kier alpha value is -2.50. The number of carbonyl (C=O) groups excluding carboxylic acids is 1. The molecule has 0 aliphatic carbocycles. The Kier molecular flexibility index (Phi) is 8.80. The zero-order chi connectivity index (χ0) is 22.1. The number of hydrogen-bond acceptors (Lipinski definition) is 7. The monoisotopic (exact) mass is 456 g/mol. The van der Waals surface area contributed by atoms with Crippen LogP contribution in [0.25, 0.3) is 0 Å². The average Bonchev–Trinajstić information content (AvgIpc) is 3.21. The van der Waals surface area contributed by atoms with E-state index in [4.69, 9.17) is 14.2 Å². The smallest absolute Gasteiger partial charge is 0.319 e. The first kappa shape index (κ1) is 23.2. The number of unbranched alkanes of at least 4 members (excludes halogenated alkanes) is 1. The van der Waals surface area contributed by atoms with Gasteiger partial charge >= 0.3 is 6.03 Å². The molecule has 3 rings (SSSR count). The van der Waals surface area contributed by atoms with Crippen LogP contribution in [0.15, 0.2) is 18.2 Å². The summed E-state index contributed by atoms with van der Waals surface area (Å²) in [6, 6.07) is 3.48. The van der Waals surface area contributed by atoms with Gasteiger partial charge in [-0.2, -0.15) is 4.37 Å². The number of ether oxygens (including phenoxy) is 3. The van der Waals surface area contributed by atoms with Crippen molar-refractivity contribution in [2.45, 2.75) is 19.4 Å². The van der Waals surface area contributed by atoms with E-state index in [1.165, 1.54) is 19.2 Å². The maximum Gasteiger partial charge on any atom is 0.319 e. The Morgan fingerprint density at radius 2 is 2.10 bits per heavy atom. The number of carbonyl (C=O) groups is 1. The second-order valence-corrected chi connectivity index (χ2v) is 7.71. The molecule has 8 nitrogen and oxygen atoms in total. The largest absolute Gasteiger partial charge is 0.494 e. The summed E-state index contributed by atoms with van der Waals surface area (Å²) in [6.45, 7) is 4.69. The summed E-state index contributed by atoms with van der Waals surface area (Å²) in [5.74, 6) is -1.46. The number of morpholine rings is 1. The molecule has 2 heterocycles. The molecule has 0 unspecified atom stereocenters. The molecule has 1 saturated heterocycles. The van der Waals surface area contributed by atoms with E-state index in [9.17, 15) is 13.6 Å². The zero-order valence-corrected chi connectivity index (χ0v) is 18.1. The number of aromatic nitrogens is 1.